The summed E-state index contributed by atoms with van der Waals surface area (Å²) in [6.07, 6.45) is 6.43. The third-order valence-electron chi connectivity index (χ3n) is 1.17. The van der Waals surface area contributed by atoms with Crippen LogP contribution in [-0.2, 0) is 0 Å². The molecule has 0 atom stereocenters. The summed E-state index contributed by atoms with van der Waals surface area (Å²) in [4.78, 5) is 14.0. The minimum atomic E-state index is -1.10. The van der Waals surface area contributed by atoms with Gasteiger partial charge in [-0.15, -0.1) is 6.42 Å². The summed E-state index contributed by atoms with van der Waals surface area (Å²) >= 11 is 0. The number of carboxylic acid groups (broad SMARTS) is 1. The molecule has 1 heterocycles. The van der Waals surface area contributed by atoms with Crippen molar-refractivity contribution in [1.29, 1.82) is 0 Å². The quantitative estimate of drug-likeness (QED) is 0.596. The topological polar surface area (TPSA) is 50.2 Å². The largest absolute Gasteiger partial charge is 0.476 e. The predicted molar refractivity (Wildman–Crippen MR) is 39.1 cm³/mol. The average molecular weight is 147 g/mol. The first-order valence-corrected chi connectivity index (χ1v) is 2.90. The van der Waals surface area contributed by atoms with E-state index >= 15 is 0 Å². The lowest BCUT2D eigenvalue weighted by Gasteiger charge is -1.94. The molecule has 0 fully saturated rings. The number of carbonyl (C=O) groups is 1. The Morgan fingerprint density at radius 3 is 2.91 bits per heavy atom. The molecule has 0 bridgehead atoms. The van der Waals surface area contributed by atoms with Crippen LogP contribution in [0, 0.1) is 12.3 Å². The first kappa shape index (κ1) is 7.29. The highest BCUT2D eigenvalue weighted by Crippen LogP contribution is 2.02. The van der Waals surface area contributed by atoms with E-state index < -0.39 is 5.97 Å². The molecule has 1 N–H and O–H groups in total. The van der Waals surface area contributed by atoms with Gasteiger partial charge in [0.15, 0.2) is 5.69 Å². The number of rotatable bonds is 1. The monoisotopic (exact) mass is 147 g/mol. The fourth-order valence-electron chi connectivity index (χ4n) is 0.692. The van der Waals surface area contributed by atoms with E-state index in [9.17, 15) is 4.79 Å². The van der Waals surface area contributed by atoms with Gasteiger partial charge in [0, 0.05) is 6.20 Å². The van der Waals surface area contributed by atoms with Gasteiger partial charge in [-0.3, -0.25) is 0 Å². The molecule has 3 heteroatoms. The second-order valence-corrected chi connectivity index (χ2v) is 1.85. The molecular formula is C8H5NO2. The van der Waals surface area contributed by atoms with E-state index in [1.54, 1.807) is 6.07 Å². The average Bonchev–Trinajstić information content (AvgIpc) is 2.04. The minimum Gasteiger partial charge on any atom is -0.476 e. The maximum Gasteiger partial charge on any atom is 0.355 e. The van der Waals surface area contributed by atoms with Crippen molar-refractivity contribution in [2.24, 2.45) is 0 Å². The summed E-state index contributed by atoms with van der Waals surface area (Å²) in [6.45, 7) is 0. The number of hydrogen-bond acceptors (Lipinski definition) is 2. The Hall–Kier alpha value is -1.82. The second-order valence-electron chi connectivity index (χ2n) is 1.85. The van der Waals surface area contributed by atoms with Crippen LogP contribution in [0.4, 0.5) is 0 Å². The Labute approximate surface area is 63.7 Å². The minimum absolute atomic E-state index is 0.0741. The van der Waals surface area contributed by atoms with Gasteiger partial charge < -0.3 is 5.11 Å². The van der Waals surface area contributed by atoms with E-state index in [4.69, 9.17) is 11.5 Å². The van der Waals surface area contributed by atoms with E-state index in [0.717, 1.165) is 0 Å². The van der Waals surface area contributed by atoms with E-state index in [1.165, 1.54) is 12.3 Å². The summed E-state index contributed by atoms with van der Waals surface area (Å²) in [5.74, 6) is 1.14. The molecule has 1 aromatic heterocycles. The zero-order valence-electron chi connectivity index (χ0n) is 5.61. The highest BCUT2D eigenvalue weighted by Gasteiger charge is 2.07. The number of aromatic carboxylic acids is 1. The SMILES string of the molecule is C#Cc1cccnc1C(=O)O. The smallest absolute Gasteiger partial charge is 0.355 e. The molecule has 0 saturated carbocycles. The van der Waals surface area contributed by atoms with Crippen molar-refractivity contribution in [3.8, 4) is 12.3 Å². The van der Waals surface area contributed by atoms with Crippen molar-refractivity contribution < 1.29 is 9.90 Å². The molecule has 0 aliphatic carbocycles. The van der Waals surface area contributed by atoms with E-state index in [0.29, 0.717) is 5.56 Å². The standard InChI is InChI=1S/C8H5NO2/c1-2-6-4-3-5-9-7(6)8(10)11/h1,3-5H,(H,10,11). The Morgan fingerprint density at radius 1 is 1.73 bits per heavy atom. The summed E-state index contributed by atoms with van der Waals surface area (Å²) in [6, 6.07) is 3.14. The van der Waals surface area contributed by atoms with Gasteiger partial charge in [-0.2, -0.15) is 0 Å². The molecule has 0 saturated heterocycles. The van der Waals surface area contributed by atoms with Crippen LogP contribution < -0.4 is 0 Å². The lowest BCUT2D eigenvalue weighted by molar-refractivity contribution is 0.0690. The predicted octanol–water partition coefficient (Wildman–Crippen LogP) is 0.761. The van der Waals surface area contributed by atoms with Crippen molar-refractivity contribution in [3.05, 3.63) is 29.6 Å². The second kappa shape index (κ2) is 2.84. The zero-order chi connectivity index (χ0) is 8.27. The molecular weight excluding hydrogens is 142 g/mol. The maximum atomic E-state index is 10.4. The van der Waals surface area contributed by atoms with Gasteiger partial charge in [0.25, 0.3) is 0 Å². The number of terminal acetylenes is 1. The number of hydrogen-bond donors (Lipinski definition) is 1. The number of nitrogens with zero attached hydrogens (tertiary/aromatic N) is 1. The molecule has 0 unspecified atom stereocenters. The van der Waals surface area contributed by atoms with Crippen LogP contribution in [0.1, 0.15) is 16.1 Å². The molecule has 0 aliphatic rings. The van der Waals surface area contributed by atoms with Crippen LogP contribution in [0.15, 0.2) is 18.3 Å². The molecule has 54 valence electrons. The molecule has 0 aliphatic heterocycles. The van der Waals surface area contributed by atoms with Crippen LogP contribution in [-0.4, -0.2) is 16.1 Å². The zero-order valence-corrected chi connectivity index (χ0v) is 5.61. The Kier molecular flexibility index (Phi) is 1.88. The first-order valence-electron chi connectivity index (χ1n) is 2.90. The van der Waals surface area contributed by atoms with Crippen molar-refractivity contribution in [3.63, 3.8) is 0 Å². The molecule has 0 amide bonds. The number of carboxylic acids is 1. The fourth-order valence-corrected chi connectivity index (χ4v) is 0.692. The van der Waals surface area contributed by atoms with Crippen LogP contribution >= 0.6 is 0 Å². The van der Waals surface area contributed by atoms with Crippen LogP contribution in [0.3, 0.4) is 0 Å². The van der Waals surface area contributed by atoms with Crippen LogP contribution in [0.2, 0.25) is 0 Å². The lowest BCUT2D eigenvalue weighted by Crippen LogP contribution is -2.02. The molecule has 1 rings (SSSR count). The molecule has 0 aromatic carbocycles. The van der Waals surface area contributed by atoms with E-state index in [-0.39, 0.29) is 5.69 Å². The van der Waals surface area contributed by atoms with Gasteiger partial charge >= 0.3 is 5.97 Å². The van der Waals surface area contributed by atoms with Crippen molar-refractivity contribution >= 4 is 5.97 Å². The lowest BCUT2D eigenvalue weighted by atomic mass is 10.2. The fraction of sp³-hybridized carbons (Fsp3) is 0. The summed E-state index contributed by atoms with van der Waals surface area (Å²) in [5.41, 5.74) is 0.231. The Bertz CT molecular complexity index is 325. The summed E-state index contributed by atoms with van der Waals surface area (Å²) < 4.78 is 0. The van der Waals surface area contributed by atoms with Gasteiger partial charge in [-0.05, 0) is 12.1 Å². The third kappa shape index (κ3) is 1.36. The van der Waals surface area contributed by atoms with Gasteiger partial charge in [-0.25, -0.2) is 9.78 Å². The third-order valence-corrected chi connectivity index (χ3v) is 1.17. The van der Waals surface area contributed by atoms with E-state index in [2.05, 4.69) is 10.9 Å². The molecule has 0 radical (unpaired) electrons. The van der Waals surface area contributed by atoms with Crippen molar-refractivity contribution in [1.82, 2.24) is 4.98 Å². The highest BCUT2D eigenvalue weighted by molar-refractivity contribution is 5.88. The first-order chi connectivity index (χ1) is 5.25. The van der Waals surface area contributed by atoms with Crippen LogP contribution in [0.25, 0.3) is 0 Å². The normalized spacial score (nSPS) is 8.64. The van der Waals surface area contributed by atoms with Crippen molar-refractivity contribution in [2.45, 2.75) is 0 Å². The number of pyridine rings is 1. The Morgan fingerprint density at radius 2 is 2.45 bits per heavy atom. The van der Waals surface area contributed by atoms with E-state index in [1.807, 2.05) is 0 Å². The van der Waals surface area contributed by atoms with Gasteiger partial charge in [0.2, 0.25) is 0 Å². The Balaban J connectivity index is 3.26. The highest BCUT2D eigenvalue weighted by atomic mass is 16.4. The summed E-state index contributed by atoms with van der Waals surface area (Å²) in [7, 11) is 0. The summed E-state index contributed by atoms with van der Waals surface area (Å²) in [5, 5.41) is 8.54. The van der Waals surface area contributed by atoms with Crippen LogP contribution in [0.5, 0.6) is 0 Å². The molecule has 3 nitrogen and oxygen atoms in total. The molecule has 0 spiro atoms. The van der Waals surface area contributed by atoms with Crippen molar-refractivity contribution in [2.75, 3.05) is 0 Å². The number of aromatic nitrogens is 1. The molecule has 1 aromatic rings. The van der Waals surface area contributed by atoms with Gasteiger partial charge in [0.05, 0.1) is 5.56 Å². The van der Waals surface area contributed by atoms with Gasteiger partial charge in [0.1, 0.15) is 0 Å². The van der Waals surface area contributed by atoms with Gasteiger partial charge in [-0.1, -0.05) is 5.92 Å². The molecule has 11 heavy (non-hydrogen) atoms. The maximum absolute atomic E-state index is 10.4.